The third-order valence-electron chi connectivity index (χ3n) is 4.41. The number of amides is 2. The molecule has 0 spiro atoms. The topological polar surface area (TPSA) is 86.7 Å². The van der Waals surface area contributed by atoms with Gasteiger partial charge >= 0.3 is 5.97 Å². The highest BCUT2D eigenvalue weighted by molar-refractivity contribution is 5.88. The van der Waals surface area contributed by atoms with Crippen LogP contribution in [0.4, 0.5) is 0 Å². The van der Waals surface area contributed by atoms with Gasteiger partial charge in [-0.25, -0.2) is 0 Å². The summed E-state index contributed by atoms with van der Waals surface area (Å²) >= 11 is 0. The maximum Gasteiger partial charge on any atom is 0.312 e. The molecule has 0 radical (unpaired) electrons. The molecule has 6 heteroatoms. The zero-order valence-electron chi connectivity index (χ0n) is 13.9. The Morgan fingerprint density at radius 2 is 1.96 bits per heavy atom. The van der Waals surface area contributed by atoms with Gasteiger partial charge in [0, 0.05) is 19.5 Å². The number of hydrogen-bond acceptors (Lipinski definition) is 3. The lowest BCUT2D eigenvalue weighted by Crippen LogP contribution is -2.52. The quantitative estimate of drug-likeness (QED) is 0.831. The lowest BCUT2D eigenvalue weighted by molar-refractivity contribution is -0.143. The fourth-order valence-corrected chi connectivity index (χ4v) is 3.06. The van der Waals surface area contributed by atoms with E-state index in [9.17, 15) is 19.5 Å². The van der Waals surface area contributed by atoms with E-state index < -0.39 is 17.9 Å². The summed E-state index contributed by atoms with van der Waals surface area (Å²) in [6.45, 7) is 2.39. The Hall–Kier alpha value is -2.37. The fraction of sp³-hybridized carbons (Fsp3) is 0.500. The summed E-state index contributed by atoms with van der Waals surface area (Å²) < 4.78 is 0. The van der Waals surface area contributed by atoms with Gasteiger partial charge < -0.3 is 15.3 Å². The van der Waals surface area contributed by atoms with Crippen LogP contribution in [0, 0.1) is 0 Å². The average molecular weight is 332 g/mol. The van der Waals surface area contributed by atoms with Gasteiger partial charge in [0.1, 0.15) is 6.04 Å². The number of piperidine rings is 1. The number of carboxylic acid groups (broad SMARTS) is 1. The summed E-state index contributed by atoms with van der Waals surface area (Å²) in [5, 5.41) is 12.1. The van der Waals surface area contributed by atoms with Crippen LogP contribution in [-0.4, -0.2) is 46.9 Å². The molecule has 24 heavy (non-hydrogen) atoms. The molecule has 0 saturated carbocycles. The molecule has 2 unspecified atom stereocenters. The minimum Gasteiger partial charge on any atom is -0.481 e. The third kappa shape index (κ3) is 4.34. The van der Waals surface area contributed by atoms with Crippen LogP contribution in [-0.2, 0) is 14.4 Å². The molecule has 1 aliphatic heterocycles. The number of hydrogen-bond donors (Lipinski definition) is 2. The Morgan fingerprint density at radius 1 is 1.25 bits per heavy atom. The average Bonchev–Trinajstić information content (AvgIpc) is 2.61. The van der Waals surface area contributed by atoms with E-state index in [0.717, 1.165) is 12.8 Å². The van der Waals surface area contributed by atoms with Gasteiger partial charge in [0.05, 0.1) is 5.92 Å². The van der Waals surface area contributed by atoms with Gasteiger partial charge in [-0.3, -0.25) is 14.4 Å². The van der Waals surface area contributed by atoms with E-state index >= 15 is 0 Å². The molecule has 1 aliphatic rings. The minimum absolute atomic E-state index is 0.0167. The molecule has 2 amide bonds. The van der Waals surface area contributed by atoms with Crippen molar-refractivity contribution in [2.75, 3.05) is 13.1 Å². The number of carbonyl (C=O) groups excluding carboxylic acids is 2. The standard InChI is InChI=1S/C18H24N2O4/c1-2-16(21)20-11-7-6-10-15(20)17(22)19-12-14(18(23)24)13-8-4-3-5-9-13/h3-5,8-9,14-15H,2,6-7,10-12H2,1H3,(H,19,22)(H,23,24). The summed E-state index contributed by atoms with van der Waals surface area (Å²) in [7, 11) is 0. The van der Waals surface area contributed by atoms with Gasteiger partial charge in [0.2, 0.25) is 11.8 Å². The highest BCUT2D eigenvalue weighted by atomic mass is 16.4. The number of nitrogens with one attached hydrogen (secondary N) is 1. The number of carbonyl (C=O) groups is 3. The second-order valence-corrected chi connectivity index (χ2v) is 6.00. The first kappa shape index (κ1) is 18.0. The minimum atomic E-state index is -0.980. The van der Waals surface area contributed by atoms with Crippen LogP contribution in [0.1, 0.15) is 44.1 Å². The molecule has 0 aromatic heterocycles. The van der Waals surface area contributed by atoms with E-state index in [4.69, 9.17) is 0 Å². The largest absolute Gasteiger partial charge is 0.481 e. The van der Waals surface area contributed by atoms with E-state index in [1.54, 1.807) is 36.1 Å². The molecule has 6 nitrogen and oxygen atoms in total. The van der Waals surface area contributed by atoms with Crippen molar-refractivity contribution >= 4 is 17.8 Å². The molecule has 130 valence electrons. The predicted molar refractivity (Wildman–Crippen MR) is 89.5 cm³/mol. The Kier molecular flexibility index (Phi) is 6.35. The molecule has 1 aromatic carbocycles. The van der Waals surface area contributed by atoms with Crippen molar-refractivity contribution < 1.29 is 19.5 Å². The molecule has 1 heterocycles. The van der Waals surface area contributed by atoms with Crippen molar-refractivity contribution in [2.45, 2.75) is 44.6 Å². The maximum absolute atomic E-state index is 12.5. The lowest BCUT2D eigenvalue weighted by Gasteiger charge is -2.34. The zero-order chi connectivity index (χ0) is 17.5. The van der Waals surface area contributed by atoms with Gasteiger partial charge in [-0.2, -0.15) is 0 Å². The highest BCUT2D eigenvalue weighted by Crippen LogP contribution is 2.19. The van der Waals surface area contributed by atoms with Crippen LogP contribution >= 0.6 is 0 Å². The van der Waals surface area contributed by atoms with E-state index in [2.05, 4.69) is 5.32 Å². The molecule has 1 saturated heterocycles. The number of likely N-dealkylation sites (tertiary alicyclic amines) is 1. The molecule has 1 aromatic rings. The predicted octanol–water partition coefficient (Wildman–Crippen LogP) is 1.76. The fourth-order valence-electron chi connectivity index (χ4n) is 3.06. The molecule has 0 aliphatic carbocycles. The smallest absolute Gasteiger partial charge is 0.312 e. The van der Waals surface area contributed by atoms with Crippen LogP contribution in [0.25, 0.3) is 0 Å². The monoisotopic (exact) mass is 332 g/mol. The first-order chi connectivity index (χ1) is 11.5. The molecule has 0 bridgehead atoms. The van der Waals surface area contributed by atoms with Crippen LogP contribution in [0.5, 0.6) is 0 Å². The van der Waals surface area contributed by atoms with Crippen LogP contribution in [0.15, 0.2) is 30.3 Å². The maximum atomic E-state index is 12.5. The number of benzene rings is 1. The molecular weight excluding hydrogens is 308 g/mol. The molecule has 1 fully saturated rings. The van der Waals surface area contributed by atoms with Crippen molar-refractivity contribution in [1.82, 2.24) is 10.2 Å². The number of rotatable bonds is 6. The van der Waals surface area contributed by atoms with Crippen molar-refractivity contribution in [1.29, 1.82) is 0 Å². The van der Waals surface area contributed by atoms with Gasteiger partial charge in [-0.15, -0.1) is 0 Å². The molecular formula is C18H24N2O4. The van der Waals surface area contributed by atoms with Gasteiger partial charge in [-0.05, 0) is 24.8 Å². The van der Waals surface area contributed by atoms with Crippen molar-refractivity contribution in [3.05, 3.63) is 35.9 Å². The van der Waals surface area contributed by atoms with Crippen molar-refractivity contribution in [3.63, 3.8) is 0 Å². The van der Waals surface area contributed by atoms with Gasteiger partial charge in [0.25, 0.3) is 0 Å². The summed E-state index contributed by atoms with van der Waals surface area (Å²) in [5.74, 6) is -2.08. The van der Waals surface area contributed by atoms with Gasteiger partial charge in [-0.1, -0.05) is 37.3 Å². The number of aliphatic carboxylic acids is 1. The first-order valence-electron chi connectivity index (χ1n) is 8.39. The Morgan fingerprint density at radius 3 is 2.58 bits per heavy atom. The Labute approximate surface area is 141 Å². The second kappa shape index (κ2) is 8.47. The van der Waals surface area contributed by atoms with Crippen LogP contribution in [0.2, 0.25) is 0 Å². The lowest BCUT2D eigenvalue weighted by atomic mass is 9.98. The normalized spacial score (nSPS) is 18.7. The second-order valence-electron chi connectivity index (χ2n) is 6.00. The summed E-state index contributed by atoms with van der Waals surface area (Å²) in [6, 6.07) is 8.34. The highest BCUT2D eigenvalue weighted by Gasteiger charge is 2.32. The van der Waals surface area contributed by atoms with E-state index in [1.807, 2.05) is 6.07 Å². The molecule has 2 N–H and O–H groups in total. The van der Waals surface area contributed by atoms with E-state index in [1.165, 1.54) is 0 Å². The summed E-state index contributed by atoms with van der Waals surface area (Å²) in [4.78, 5) is 37.6. The zero-order valence-corrected chi connectivity index (χ0v) is 13.9. The number of nitrogens with zero attached hydrogens (tertiary/aromatic N) is 1. The van der Waals surface area contributed by atoms with E-state index in [-0.39, 0.29) is 18.4 Å². The van der Waals surface area contributed by atoms with Gasteiger partial charge in [0.15, 0.2) is 0 Å². The van der Waals surface area contributed by atoms with Crippen molar-refractivity contribution in [2.24, 2.45) is 0 Å². The summed E-state index contributed by atoms with van der Waals surface area (Å²) in [6.07, 6.45) is 2.79. The van der Waals surface area contributed by atoms with Crippen molar-refractivity contribution in [3.8, 4) is 0 Å². The Bertz CT molecular complexity index is 588. The third-order valence-corrected chi connectivity index (χ3v) is 4.41. The molecule has 2 rings (SSSR count). The molecule has 2 atom stereocenters. The van der Waals surface area contributed by atoms with Crippen LogP contribution in [0.3, 0.4) is 0 Å². The first-order valence-corrected chi connectivity index (χ1v) is 8.39. The Balaban J connectivity index is 2.02. The summed E-state index contributed by atoms with van der Waals surface area (Å²) in [5.41, 5.74) is 0.649. The van der Waals surface area contributed by atoms with E-state index in [0.29, 0.717) is 24.9 Å². The number of carboxylic acids is 1. The SMILES string of the molecule is CCC(=O)N1CCCCC1C(=O)NCC(C(=O)O)c1ccccc1. The van der Waals surface area contributed by atoms with Crippen LogP contribution < -0.4 is 5.32 Å².